The topological polar surface area (TPSA) is 159 Å². The zero-order chi connectivity index (χ0) is 23.8. The Morgan fingerprint density at radius 3 is 2.38 bits per heavy atom. The Balaban J connectivity index is 0.000000390. The van der Waals surface area contributed by atoms with Gasteiger partial charge in [0.25, 0.3) is 5.91 Å². The molecule has 11 heteroatoms. The third-order valence-corrected chi connectivity index (χ3v) is 4.54. The van der Waals surface area contributed by atoms with E-state index in [0.717, 1.165) is 23.6 Å². The van der Waals surface area contributed by atoms with Crippen LogP contribution in [0.15, 0.2) is 40.3 Å². The maximum Gasteiger partial charge on any atom is 0.328 e. The van der Waals surface area contributed by atoms with Crippen LogP contribution in [0.1, 0.15) is 22.5 Å². The monoisotopic (exact) mass is 442 g/mol. The summed E-state index contributed by atoms with van der Waals surface area (Å²) in [4.78, 5) is 41.0. The third kappa shape index (κ3) is 6.51. The fraction of sp³-hybridized carbons (Fsp3) is 0.286. The van der Waals surface area contributed by atoms with Gasteiger partial charge in [0, 0.05) is 48.7 Å². The number of nitrogens with zero attached hydrogens (tertiary/aromatic N) is 3. The van der Waals surface area contributed by atoms with Crippen molar-refractivity contribution in [2.75, 3.05) is 14.1 Å². The number of nitrogens with one attached hydrogen (secondary N) is 3. The molecule has 2 aliphatic heterocycles. The van der Waals surface area contributed by atoms with Gasteiger partial charge >= 0.3 is 11.9 Å². The minimum absolute atomic E-state index is 0.163. The van der Waals surface area contributed by atoms with E-state index in [1.54, 1.807) is 18.6 Å². The van der Waals surface area contributed by atoms with Gasteiger partial charge in [-0.3, -0.25) is 9.79 Å². The molecule has 0 radical (unpaired) electrons. The number of aryl methyl sites for hydroxylation is 1. The first-order valence-corrected chi connectivity index (χ1v) is 9.61. The summed E-state index contributed by atoms with van der Waals surface area (Å²) in [5.74, 6) is -3.14. The van der Waals surface area contributed by atoms with E-state index in [2.05, 4.69) is 58.7 Å². The molecule has 0 saturated heterocycles. The first kappa shape index (κ1) is 24.3. The fourth-order valence-electron chi connectivity index (χ4n) is 3.06. The number of carbonyl (C=O) groups excluding carboxylic acids is 1. The van der Waals surface area contributed by atoms with E-state index in [9.17, 15) is 14.4 Å². The standard InChI is InChI=1S/C17H22N6O.C4H4O4/c1-10-13(9-23(3)4)11(2)21-14(10)7-15-16(19-6-5-18-15)12-8-20-22-17(12)24;5-3(6)1-2-4(7)8/h5-8,12,18,21H,9H2,1-4H3,(H,22,24);1-2H,(H,5,6)(H,7,8)/b;2-1-. The van der Waals surface area contributed by atoms with E-state index in [0.29, 0.717) is 17.9 Å². The lowest BCUT2D eigenvalue weighted by atomic mass is 9.99. The number of carboxylic acid groups (broad SMARTS) is 2. The van der Waals surface area contributed by atoms with Crippen LogP contribution in [0.5, 0.6) is 0 Å². The zero-order valence-electron chi connectivity index (χ0n) is 18.2. The highest BCUT2D eigenvalue weighted by molar-refractivity contribution is 6.24. The number of aromatic nitrogens is 1. The number of aromatic amines is 1. The minimum Gasteiger partial charge on any atom is -0.478 e. The predicted octanol–water partition coefficient (Wildman–Crippen LogP) is 0.993. The zero-order valence-corrected chi connectivity index (χ0v) is 18.2. The molecule has 1 unspecified atom stereocenters. The number of carbonyl (C=O) groups is 3. The largest absolute Gasteiger partial charge is 0.478 e. The molecule has 32 heavy (non-hydrogen) atoms. The molecule has 170 valence electrons. The van der Waals surface area contributed by atoms with Crippen LogP contribution in [0.2, 0.25) is 0 Å². The molecule has 2 aliphatic rings. The Bertz CT molecular complexity index is 1030. The molecule has 5 N–H and O–H groups in total. The summed E-state index contributed by atoms with van der Waals surface area (Å²) < 4.78 is 0. The number of hydrogen-bond acceptors (Lipinski definition) is 7. The summed E-state index contributed by atoms with van der Waals surface area (Å²) in [6, 6.07) is 0. The van der Waals surface area contributed by atoms with Gasteiger partial charge in [0.2, 0.25) is 0 Å². The number of amides is 1. The predicted molar refractivity (Wildman–Crippen MR) is 120 cm³/mol. The van der Waals surface area contributed by atoms with Crippen molar-refractivity contribution >= 4 is 35.8 Å². The number of rotatable bonds is 6. The smallest absolute Gasteiger partial charge is 0.328 e. The lowest BCUT2D eigenvalue weighted by Crippen LogP contribution is -2.32. The molecule has 0 saturated carbocycles. The van der Waals surface area contributed by atoms with Gasteiger partial charge in [0.1, 0.15) is 5.92 Å². The third-order valence-electron chi connectivity index (χ3n) is 4.54. The van der Waals surface area contributed by atoms with Gasteiger partial charge in [-0.05, 0) is 45.1 Å². The lowest BCUT2D eigenvalue weighted by Gasteiger charge is -2.16. The molecule has 1 amide bonds. The molecule has 0 bridgehead atoms. The second kappa shape index (κ2) is 10.9. The van der Waals surface area contributed by atoms with Crippen molar-refractivity contribution in [1.29, 1.82) is 0 Å². The van der Waals surface area contributed by atoms with Crippen LogP contribution in [-0.4, -0.2) is 64.0 Å². The first-order valence-electron chi connectivity index (χ1n) is 9.61. The molecule has 0 fully saturated rings. The lowest BCUT2D eigenvalue weighted by molar-refractivity contribution is -0.134. The van der Waals surface area contributed by atoms with Gasteiger partial charge in [0.15, 0.2) is 0 Å². The molecule has 0 aliphatic carbocycles. The molecule has 3 heterocycles. The number of aliphatic carboxylic acids is 2. The minimum atomic E-state index is -1.26. The van der Waals surface area contributed by atoms with Crippen LogP contribution >= 0.6 is 0 Å². The van der Waals surface area contributed by atoms with Crippen LogP contribution in [0.4, 0.5) is 0 Å². The van der Waals surface area contributed by atoms with Crippen LogP contribution in [0, 0.1) is 19.8 Å². The van der Waals surface area contributed by atoms with Crippen LogP contribution in [-0.2, 0) is 20.9 Å². The molecule has 11 nitrogen and oxygen atoms in total. The van der Waals surface area contributed by atoms with Gasteiger partial charge in [-0.2, -0.15) is 5.10 Å². The number of H-pyrrole nitrogens is 1. The first-order chi connectivity index (χ1) is 15.1. The van der Waals surface area contributed by atoms with Crippen molar-refractivity contribution in [1.82, 2.24) is 20.6 Å². The summed E-state index contributed by atoms with van der Waals surface area (Å²) in [5.41, 5.74) is 8.58. The molecule has 0 spiro atoms. The van der Waals surface area contributed by atoms with Crippen LogP contribution in [0.25, 0.3) is 6.08 Å². The number of hydrazone groups is 1. The van der Waals surface area contributed by atoms with Gasteiger partial charge < -0.3 is 25.4 Å². The number of aliphatic imine (C=N–C) groups is 1. The summed E-state index contributed by atoms with van der Waals surface area (Å²) in [6.07, 6.45) is 8.11. The molecule has 3 rings (SSSR count). The second-order valence-electron chi connectivity index (χ2n) is 7.28. The summed E-state index contributed by atoms with van der Waals surface area (Å²) in [7, 11) is 4.11. The van der Waals surface area contributed by atoms with Crippen molar-refractivity contribution < 1.29 is 24.6 Å². The van der Waals surface area contributed by atoms with E-state index < -0.39 is 17.9 Å². The maximum absolute atomic E-state index is 11.9. The van der Waals surface area contributed by atoms with Gasteiger partial charge in [-0.15, -0.1) is 0 Å². The highest BCUT2D eigenvalue weighted by Crippen LogP contribution is 2.23. The Morgan fingerprint density at radius 1 is 1.19 bits per heavy atom. The Kier molecular flexibility index (Phi) is 8.24. The SMILES string of the molecule is Cc1[nH]c(C=C2NC=CN=C2C2C=NNC2=O)c(C)c1CN(C)C.O=C(O)/C=C\C(=O)O. The average molecular weight is 442 g/mol. The van der Waals surface area contributed by atoms with Gasteiger partial charge in [-0.25, -0.2) is 15.0 Å². The van der Waals surface area contributed by atoms with Gasteiger partial charge in [-0.1, -0.05) is 0 Å². The van der Waals surface area contributed by atoms with Gasteiger partial charge in [0.05, 0.1) is 11.4 Å². The van der Waals surface area contributed by atoms with E-state index in [4.69, 9.17) is 10.2 Å². The normalized spacial score (nSPS) is 18.4. The summed E-state index contributed by atoms with van der Waals surface area (Å²) in [5, 5.41) is 22.6. The number of hydrogen-bond donors (Lipinski definition) is 5. The molecule has 0 aromatic carbocycles. The van der Waals surface area contributed by atoms with Crippen molar-refractivity contribution in [3.05, 3.63) is 52.8 Å². The maximum atomic E-state index is 11.9. The van der Waals surface area contributed by atoms with E-state index in [1.807, 2.05) is 6.08 Å². The van der Waals surface area contributed by atoms with Crippen molar-refractivity contribution in [3.63, 3.8) is 0 Å². The van der Waals surface area contributed by atoms with Crippen LogP contribution < -0.4 is 10.7 Å². The Hall–Kier alpha value is -3.99. The molecule has 1 atom stereocenters. The van der Waals surface area contributed by atoms with E-state index in [-0.39, 0.29) is 5.91 Å². The van der Waals surface area contributed by atoms with E-state index in [1.165, 1.54) is 11.1 Å². The second-order valence-corrected chi connectivity index (χ2v) is 7.28. The number of allylic oxidation sites excluding steroid dienone is 1. The van der Waals surface area contributed by atoms with Crippen molar-refractivity contribution in [3.8, 4) is 0 Å². The van der Waals surface area contributed by atoms with E-state index >= 15 is 0 Å². The Labute approximate surface area is 184 Å². The highest BCUT2D eigenvalue weighted by atomic mass is 16.4. The summed E-state index contributed by atoms with van der Waals surface area (Å²) in [6.45, 7) is 5.06. The van der Waals surface area contributed by atoms with Crippen LogP contribution in [0.3, 0.4) is 0 Å². The molecular weight excluding hydrogens is 416 g/mol. The van der Waals surface area contributed by atoms with Crippen molar-refractivity contribution in [2.24, 2.45) is 16.0 Å². The molecule has 1 aromatic heterocycles. The molecular formula is C21H26N6O5. The fourth-order valence-corrected chi connectivity index (χ4v) is 3.06. The average Bonchev–Trinajstić information content (AvgIpc) is 3.25. The summed E-state index contributed by atoms with van der Waals surface area (Å²) >= 11 is 0. The quantitative estimate of drug-likeness (QED) is 0.411. The van der Waals surface area contributed by atoms with Crippen molar-refractivity contribution in [2.45, 2.75) is 20.4 Å². The highest BCUT2D eigenvalue weighted by Gasteiger charge is 2.29. The number of carboxylic acids is 2. The Morgan fingerprint density at radius 2 is 1.84 bits per heavy atom. The molecule has 1 aromatic rings.